The number of fused-ring (bicyclic) bond motifs is 5. The van der Waals surface area contributed by atoms with Gasteiger partial charge in [0.2, 0.25) is 0 Å². The Labute approximate surface area is 319 Å². The number of nitrogens with two attached hydrogens (primary N) is 1. The Balaban J connectivity index is 1.17. The first-order valence-electron chi connectivity index (χ1n) is 21.9. The van der Waals surface area contributed by atoms with E-state index in [1.807, 2.05) is 19.9 Å². The number of hydrogen-bond acceptors (Lipinski definition) is 9. The van der Waals surface area contributed by atoms with Crippen LogP contribution in [0.4, 0.5) is 0 Å². The zero-order valence-corrected chi connectivity index (χ0v) is 33.7. The number of hydrogen-bond donors (Lipinski definition) is 6. The largest absolute Gasteiger partial charge is 0.396 e. The standard InChI is InChI=1S/C44H74N2O7/c1-6-7-8-9-16-42-19-11-30(48)24-33(42)34(49)25-32-31(42)12-18-40(4)35(13-20-44(32,40)51)43(26-28(2)15-22-52-43)38-37(53-38)41(5,50)39(3,27-47)17-10-29-14-21-46-36(45)23-29/h25,28-31,33,35-38,46-48,50-51H,6-24,26-27,45H2,1-5H3. The van der Waals surface area contributed by atoms with Gasteiger partial charge in [-0.1, -0.05) is 53.4 Å². The van der Waals surface area contributed by atoms with Crippen molar-refractivity contribution < 1.29 is 34.7 Å². The normalized spacial score (nSPS) is 47.8. The number of rotatable bonds is 13. The van der Waals surface area contributed by atoms with Crippen LogP contribution in [0.1, 0.15) is 150 Å². The number of aliphatic hydroxyl groups is 4. The summed E-state index contributed by atoms with van der Waals surface area (Å²) in [4.78, 5) is 14.2. The van der Waals surface area contributed by atoms with Gasteiger partial charge in [-0.05, 0) is 144 Å². The molecule has 7 N–H and O–H groups in total. The van der Waals surface area contributed by atoms with Crippen molar-refractivity contribution >= 4 is 5.78 Å². The molecule has 9 heteroatoms. The van der Waals surface area contributed by atoms with Gasteiger partial charge in [-0.2, -0.15) is 0 Å². The highest BCUT2D eigenvalue weighted by molar-refractivity contribution is 5.95. The number of carbonyl (C=O) groups excluding carboxylic acids is 1. The van der Waals surface area contributed by atoms with E-state index in [0.29, 0.717) is 37.7 Å². The first-order valence-corrected chi connectivity index (χ1v) is 21.9. The summed E-state index contributed by atoms with van der Waals surface area (Å²) in [5.41, 5.74) is 2.55. The molecule has 9 nitrogen and oxygen atoms in total. The average Bonchev–Trinajstić information content (AvgIpc) is 3.90. The fraction of sp³-hybridized carbons (Fsp3) is 0.932. The van der Waals surface area contributed by atoms with Crippen molar-refractivity contribution in [2.24, 2.45) is 51.6 Å². The Hall–Kier alpha value is -0.910. The lowest BCUT2D eigenvalue weighted by molar-refractivity contribution is -0.194. The number of ether oxygens (including phenoxy) is 2. The Kier molecular flexibility index (Phi) is 11.2. The van der Waals surface area contributed by atoms with Crippen LogP contribution in [-0.4, -0.2) is 87.2 Å². The Morgan fingerprint density at radius 2 is 1.83 bits per heavy atom. The van der Waals surface area contributed by atoms with E-state index in [2.05, 4.69) is 26.1 Å². The van der Waals surface area contributed by atoms with Crippen molar-refractivity contribution in [3.63, 3.8) is 0 Å². The topological polar surface area (TPSA) is 158 Å². The maximum Gasteiger partial charge on any atom is 0.159 e. The van der Waals surface area contributed by atoms with Crippen LogP contribution in [0.3, 0.4) is 0 Å². The molecule has 0 radical (unpaired) electrons. The molecule has 0 aromatic carbocycles. The van der Waals surface area contributed by atoms with E-state index in [4.69, 9.17) is 15.2 Å². The molecule has 3 saturated carbocycles. The number of allylic oxidation sites excluding steroid dienone is 1. The van der Waals surface area contributed by atoms with Gasteiger partial charge >= 0.3 is 0 Å². The zero-order chi connectivity index (χ0) is 38.0. The van der Waals surface area contributed by atoms with E-state index in [9.17, 15) is 25.2 Å². The van der Waals surface area contributed by atoms with E-state index < -0.39 is 39.8 Å². The molecule has 3 heterocycles. The monoisotopic (exact) mass is 743 g/mol. The van der Waals surface area contributed by atoms with Crippen LogP contribution in [0, 0.1) is 45.8 Å². The molecule has 0 aromatic heterocycles. The molecule has 302 valence electrons. The quantitative estimate of drug-likeness (QED) is 0.0994. The number of carbonyl (C=O) groups is 1. The number of unbranched alkanes of at least 4 members (excludes halogenated alkanes) is 3. The van der Waals surface area contributed by atoms with Gasteiger partial charge in [0.15, 0.2) is 5.78 Å². The van der Waals surface area contributed by atoms with Gasteiger partial charge in [0.05, 0.1) is 30.1 Å². The summed E-state index contributed by atoms with van der Waals surface area (Å²) in [6, 6.07) is 0. The number of ketones is 1. The summed E-state index contributed by atoms with van der Waals surface area (Å²) in [5.74, 6) is 0.916. The SMILES string of the molecule is CCCCCCC12CCC(O)CC1C(=O)C=C1C2CCC2(C)C(C3(C4OC4C(C)(O)C(C)(CO)CCC4CCNC(N)C4)CC(C)CCO3)CCC12O. The van der Waals surface area contributed by atoms with Gasteiger partial charge < -0.3 is 41.0 Å². The number of nitrogens with one attached hydrogen (secondary N) is 1. The molecule has 6 fully saturated rings. The van der Waals surface area contributed by atoms with Crippen LogP contribution >= 0.6 is 0 Å². The van der Waals surface area contributed by atoms with Crippen LogP contribution in [0.15, 0.2) is 11.6 Å². The lowest BCUT2D eigenvalue weighted by atomic mass is 9.44. The molecule has 3 aliphatic heterocycles. The Morgan fingerprint density at radius 3 is 2.55 bits per heavy atom. The molecule has 3 saturated heterocycles. The third-order valence-corrected chi connectivity index (χ3v) is 17.3. The smallest absolute Gasteiger partial charge is 0.159 e. The van der Waals surface area contributed by atoms with Gasteiger partial charge in [0.25, 0.3) is 0 Å². The van der Waals surface area contributed by atoms with Crippen molar-refractivity contribution in [2.75, 3.05) is 19.8 Å². The molecular weight excluding hydrogens is 668 g/mol. The van der Waals surface area contributed by atoms with Crippen LogP contribution < -0.4 is 11.1 Å². The second-order valence-electron chi connectivity index (χ2n) is 20.2. The Morgan fingerprint density at radius 1 is 1.04 bits per heavy atom. The van der Waals surface area contributed by atoms with Crippen LogP contribution in [0.5, 0.6) is 0 Å². The van der Waals surface area contributed by atoms with Crippen LogP contribution in [0.25, 0.3) is 0 Å². The fourth-order valence-corrected chi connectivity index (χ4v) is 13.6. The average molecular weight is 743 g/mol. The first-order chi connectivity index (χ1) is 25.1. The minimum atomic E-state index is -1.30. The van der Waals surface area contributed by atoms with Crippen molar-refractivity contribution in [1.82, 2.24) is 5.32 Å². The maximum atomic E-state index is 14.2. The minimum absolute atomic E-state index is 0.00612. The van der Waals surface area contributed by atoms with E-state index in [-0.39, 0.29) is 47.8 Å². The molecule has 7 rings (SSSR count). The summed E-state index contributed by atoms with van der Waals surface area (Å²) in [6.45, 7) is 12.0. The fourth-order valence-electron chi connectivity index (χ4n) is 13.6. The molecule has 0 amide bonds. The predicted molar refractivity (Wildman–Crippen MR) is 206 cm³/mol. The zero-order valence-electron chi connectivity index (χ0n) is 33.7. The van der Waals surface area contributed by atoms with E-state index in [1.54, 1.807) is 0 Å². The molecule has 15 unspecified atom stereocenters. The lowest BCUT2D eigenvalue weighted by Crippen LogP contribution is -2.64. The van der Waals surface area contributed by atoms with Crippen LogP contribution in [-0.2, 0) is 14.3 Å². The van der Waals surface area contributed by atoms with Gasteiger partial charge in [0, 0.05) is 23.4 Å². The van der Waals surface area contributed by atoms with E-state index in [0.717, 1.165) is 95.6 Å². The summed E-state index contributed by atoms with van der Waals surface area (Å²) >= 11 is 0. The second-order valence-corrected chi connectivity index (χ2v) is 20.2. The van der Waals surface area contributed by atoms with Gasteiger partial charge in [0.1, 0.15) is 17.8 Å². The molecule has 0 aromatic rings. The highest BCUT2D eigenvalue weighted by Crippen LogP contribution is 2.71. The maximum absolute atomic E-state index is 14.2. The van der Waals surface area contributed by atoms with Crippen molar-refractivity contribution in [3.05, 3.63) is 11.6 Å². The molecular formula is C44H74N2O7. The summed E-state index contributed by atoms with van der Waals surface area (Å²) in [5, 5.41) is 50.7. The van der Waals surface area contributed by atoms with Crippen molar-refractivity contribution in [1.29, 1.82) is 0 Å². The lowest BCUT2D eigenvalue weighted by Gasteiger charge is -2.62. The van der Waals surface area contributed by atoms with Crippen molar-refractivity contribution in [3.8, 4) is 0 Å². The third kappa shape index (κ3) is 6.55. The highest BCUT2D eigenvalue weighted by atomic mass is 16.6. The third-order valence-electron chi connectivity index (χ3n) is 17.3. The van der Waals surface area contributed by atoms with E-state index >= 15 is 0 Å². The molecule has 53 heavy (non-hydrogen) atoms. The van der Waals surface area contributed by atoms with Gasteiger partial charge in [-0.15, -0.1) is 0 Å². The minimum Gasteiger partial charge on any atom is -0.396 e. The molecule has 4 aliphatic carbocycles. The molecule has 15 atom stereocenters. The summed E-state index contributed by atoms with van der Waals surface area (Å²) in [6.07, 6.45) is 16.7. The molecule has 7 aliphatic rings. The van der Waals surface area contributed by atoms with Gasteiger partial charge in [-0.25, -0.2) is 0 Å². The predicted octanol–water partition coefficient (Wildman–Crippen LogP) is 5.94. The Bertz CT molecular complexity index is 1370. The number of piperidine rings is 1. The second kappa shape index (κ2) is 14.8. The van der Waals surface area contributed by atoms with E-state index in [1.165, 1.54) is 12.8 Å². The number of aliphatic hydroxyl groups excluding tert-OH is 2. The van der Waals surface area contributed by atoms with Crippen LogP contribution in [0.2, 0.25) is 0 Å². The summed E-state index contributed by atoms with van der Waals surface area (Å²) < 4.78 is 13.7. The molecule has 0 bridgehead atoms. The first kappa shape index (κ1) is 40.3. The molecule has 0 spiro atoms. The van der Waals surface area contributed by atoms with Gasteiger partial charge in [-0.3, -0.25) is 4.79 Å². The van der Waals surface area contributed by atoms with Crippen molar-refractivity contribution in [2.45, 2.75) is 191 Å². The summed E-state index contributed by atoms with van der Waals surface area (Å²) in [7, 11) is 0. The number of epoxide rings is 1. The highest BCUT2D eigenvalue weighted by Gasteiger charge is 2.75.